The van der Waals surface area contributed by atoms with Crippen LogP contribution in [0.3, 0.4) is 0 Å². The Hall–Kier alpha value is -4.48. The molecule has 4 aromatic heterocycles. The maximum absolute atomic E-state index is 13.0. The molecular weight excluding hydrogens is 499 g/mol. The van der Waals surface area contributed by atoms with Gasteiger partial charge >= 0.3 is 6.18 Å². The third-order valence-electron chi connectivity index (χ3n) is 6.37. The normalized spacial score (nSPS) is 13.7. The van der Waals surface area contributed by atoms with Gasteiger partial charge in [0, 0.05) is 37.3 Å². The fourth-order valence-electron chi connectivity index (χ4n) is 4.34. The summed E-state index contributed by atoms with van der Waals surface area (Å²) in [6.45, 7) is 0.388. The lowest BCUT2D eigenvalue weighted by molar-refractivity contribution is -0.140. The van der Waals surface area contributed by atoms with Gasteiger partial charge in [-0.15, -0.1) is 0 Å². The highest BCUT2D eigenvalue weighted by molar-refractivity contribution is 5.86. The largest absolute Gasteiger partial charge is 0.480 e. The van der Waals surface area contributed by atoms with Crippen LogP contribution in [0.5, 0.6) is 5.88 Å². The third kappa shape index (κ3) is 4.42. The summed E-state index contributed by atoms with van der Waals surface area (Å²) in [6, 6.07) is 8.88. The van der Waals surface area contributed by atoms with E-state index in [0.29, 0.717) is 52.2 Å². The Morgan fingerprint density at radius 1 is 1.08 bits per heavy atom. The molecule has 0 aliphatic heterocycles. The van der Waals surface area contributed by atoms with Crippen LogP contribution in [-0.2, 0) is 19.8 Å². The smallest absolute Gasteiger partial charge is 0.434 e. The van der Waals surface area contributed by atoms with Gasteiger partial charge in [-0.1, -0.05) is 24.3 Å². The molecule has 12 heteroatoms. The predicted molar refractivity (Wildman–Crippen MR) is 132 cm³/mol. The molecule has 1 fully saturated rings. The van der Waals surface area contributed by atoms with Gasteiger partial charge in [-0.25, -0.2) is 24.9 Å². The van der Waals surface area contributed by atoms with Crippen LogP contribution < -0.4 is 10.1 Å². The average Bonchev–Trinajstić information content (AvgIpc) is 3.51. The van der Waals surface area contributed by atoms with Crippen LogP contribution in [0.2, 0.25) is 0 Å². The molecule has 0 unspecified atom stereocenters. The summed E-state index contributed by atoms with van der Waals surface area (Å²) in [7, 11) is 3.09. The molecule has 9 nitrogen and oxygen atoms in total. The van der Waals surface area contributed by atoms with E-state index in [9.17, 15) is 13.2 Å². The van der Waals surface area contributed by atoms with Crippen LogP contribution in [0.4, 0.5) is 19.0 Å². The number of aromatic nitrogens is 6. The number of anilines is 1. The fourth-order valence-corrected chi connectivity index (χ4v) is 4.34. The second-order valence-corrected chi connectivity index (χ2v) is 9.06. The summed E-state index contributed by atoms with van der Waals surface area (Å²) < 4.78 is 51.6. The number of ether oxygens (including phenoxy) is 1. The van der Waals surface area contributed by atoms with Crippen molar-refractivity contribution in [1.82, 2.24) is 29.5 Å². The lowest BCUT2D eigenvalue weighted by Gasteiger charge is -2.12. The minimum absolute atomic E-state index is 0.236. The number of aryl methyl sites for hydroxylation is 1. The summed E-state index contributed by atoms with van der Waals surface area (Å²) in [5.41, 5.74) is 3.20. The quantitative estimate of drug-likeness (QED) is 0.295. The van der Waals surface area contributed by atoms with Crippen LogP contribution in [0.15, 0.2) is 53.5 Å². The van der Waals surface area contributed by atoms with Crippen LogP contribution >= 0.6 is 0 Å². The Labute approximate surface area is 214 Å². The molecule has 1 N–H and O–H groups in total. The highest BCUT2D eigenvalue weighted by atomic mass is 19.4. The van der Waals surface area contributed by atoms with E-state index in [0.717, 1.165) is 30.3 Å². The molecule has 0 saturated heterocycles. The molecule has 5 aromatic rings. The van der Waals surface area contributed by atoms with Gasteiger partial charge in [0.25, 0.3) is 0 Å². The summed E-state index contributed by atoms with van der Waals surface area (Å²) in [5.74, 6) is 1.90. The van der Waals surface area contributed by atoms with Gasteiger partial charge in [0.1, 0.15) is 23.2 Å². The average molecular weight is 522 g/mol. The molecule has 0 bridgehead atoms. The Kier molecular flexibility index (Phi) is 5.73. The molecular formula is C26H22F3N7O2. The molecule has 1 aliphatic rings. The number of hydrogen-bond acceptors (Lipinski definition) is 8. The first-order valence-electron chi connectivity index (χ1n) is 11.9. The van der Waals surface area contributed by atoms with E-state index in [2.05, 4.69) is 25.3 Å². The first kappa shape index (κ1) is 23.9. The minimum Gasteiger partial charge on any atom is -0.480 e. The number of alkyl halides is 3. The van der Waals surface area contributed by atoms with E-state index < -0.39 is 11.9 Å². The molecule has 38 heavy (non-hydrogen) atoms. The van der Waals surface area contributed by atoms with Gasteiger partial charge in [-0.05, 0) is 18.4 Å². The Balaban J connectivity index is 1.28. The van der Waals surface area contributed by atoms with Crippen LogP contribution in [0, 0.1) is 0 Å². The van der Waals surface area contributed by atoms with Gasteiger partial charge in [0.2, 0.25) is 5.88 Å². The van der Waals surface area contributed by atoms with Crippen molar-refractivity contribution in [3.8, 4) is 28.7 Å². The van der Waals surface area contributed by atoms with Gasteiger partial charge in [0.15, 0.2) is 22.9 Å². The van der Waals surface area contributed by atoms with Crippen molar-refractivity contribution in [3.63, 3.8) is 0 Å². The molecule has 1 saturated carbocycles. The predicted octanol–water partition coefficient (Wildman–Crippen LogP) is 5.60. The van der Waals surface area contributed by atoms with E-state index in [1.54, 1.807) is 31.6 Å². The zero-order chi connectivity index (χ0) is 26.4. The molecule has 6 rings (SSSR count). The summed E-state index contributed by atoms with van der Waals surface area (Å²) in [5, 5.41) is 3.30. The topological polar surface area (TPSA) is 104 Å². The Bertz CT molecular complexity index is 1620. The van der Waals surface area contributed by atoms with Crippen molar-refractivity contribution in [2.75, 3.05) is 12.4 Å². The van der Waals surface area contributed by atoms with Gasteiger partial charge < -0.3 is 19.0 Å². The van der Waals surface area contributed by atoms with E-state index in [1.165, 1.54) is 17.9 Å². The van der Waals surface area contributed by atoms with E-state index in [4.69, 9.17) is 14.1 Å². The second kappa shape index (κ2) is 9.12. The van der Waals surface area contributed by atoms with Crippen molar-refractivity contribution in [1.29, 1.82) is 0 Å². The van der Waals surface area contributed by atoms with Crippen molar-refractivity contribution in [3.05, 3.63) is 66.1 Å². The number of halogens is 3. The van der Waals surface area contributed by atoms with Crippen molar-refractivity contribution < 1.29 is 22.3 Å². The highest BCUT2D eigenvalue weighted by Gasteiger charge is 2.34. The van der Waals surface area contributed by atoms with Gasteiger partial charge in [-0.3, -0.25) is 0 Å². The van der Waals surface area contributed by atoms with E-state index in [-0.39, 0.29) is 5.82 Å². The lowest BCUT2D eigenvalue weighted by Crippen LogP contribution is -2.06. The number of furan rings is 1. The molecule has 0 radical (unpaired) electrons. The fraction of sp³-hybridized carbons (Fsp3) is 0.269. The molecule has 1 aliphatic carbocycles. The van der Waals surface area contributed by atoms with E-state index in [1.807, 2.05) is 12.1 Å². The number of nitrogens with one attached hydrogen (secondary N) is 1. The Morgan fingerprint density at radius 2 is 1.87 bits per heavy atom. The van der Waals surface area contributed by atoms with Gasteiger partial charge in [0.05, 0.1) is 19.1 Å². The third-order valence-corrected chi connectivity index (χ3v) is 6.37. The lowest BCUT2D eigenvalue weighted by atomic mass is 10.1. The number of rotatable bonds is 7. The Morgan fingerprint density at radius 3 is 2.55 bits per heavy atom. The molecule has 1 aromatic carbocycles. The number of benzene rings is 1. The zero-order valence-corrected chi connectivity index (χ0v) is 20.5. The number of methoxy groups -OCH3 is 1. The molecule has 0 atom stereocenters. The SMILES string of the molecule is COc1ncnc(C2CC2)c1-c1nc(NCc2ccc(-c3nc(C(F)(F)F)cn3C)cc2)c2occc2n1. The van der Waals surface area contributed by atoms with Crippen molar-refractivity contribution >= 4 is 16.9 Å². The number of nitrogens with zero attached hydrogens (tertiary/aromatic N) is 6. The standard InChI is InChI=1S/C26H22F3N7O2/c1-36-12-18(26(27,28)29)34-24(36)16-5-3-14(4-6-16)11-30-23-21-17(9-10-38-21)33-22(35-23)19-20(15-7-8-15)31-13-32-25(19)37-2/h3-6,9-10,12-13,15H,7-8,11H2,1-2H3,(H,30,33,35). The van der Waals surface area contributed by atoms with Crippen LogP contribution in [0.1, 0.15) is 35.7 Å². The first-order valence-corrected chi connectivity index (χ1v) is 11.9. The summed E-state index contributed by atoms with van der Waals surface area (Å²) in [4.78, 5) is 21.9. The number of imidazole rings is 1. The highest BCUT2D eigenvalue weighted by Crippen LogP contribution is 2.45. The molecule has 4 heterocycles. The number of fused-ring (bicyclic) bond motifs is 1. The first-order chi connectivity index (χ1) is 18.3. The van der Waals surface area contributed by atoms with Crippen molar-refractivity contribution in [2.45, 2.75) is 31.5 Å². The monoisotopic (exact) mass is 521 g/mol. The summed E-state index contributed by atoms with van der Waals surface area (Å²) >= 11 is 0. The zero-order valence-electron chi connectivity index (χ0n) is 20.5. The number of hydrogen-bond donors (Lipinski definition) is 1. The minimum atomic E-state index is -4.50. The van der Waals surface area contributed by atoms with Crippen LogP contribution in [0.25, 0.3) is 33.9 Å². The molecule has 0 spiro atoms. The second-order valence-electron chi connectivity index (χ2n) is 9.06. The summed E-state index contributed by atoms with van der Waals surface area (Å²) in [6.07, 6.45) is 1.60. The maximum atomic E-state index is 13.0. The van der Waals surface area contributed by atoms with E-state index >= 15 is 0 Å². The maximum Gasteiger partial charge on any atom is 0.434 e. The van der Waals surface area contributed by atoms with Crippen LogP contribution in [-0.4, -0.2) is 36.6 Å². The van der Waals surface area contributed by atoms with Gasteiger partial charge in [-0.2, -0.15) is 13.2 Å². The van der Waals surface area contributed by atoms with Crippen molar-refractivity contribution in [2.24, 2.45) is 7.05 Å². The molecule has 0 amide bonds. The molecule has 194 valence electrons.